The summed E-state index contributed by atoms with van der Waals surface area (Å²) in [4.78, 5) is 0. The predicted molar refractivity (Wildman–Crippen MR) is 54.5 cm³/mol. The molecule has 4 aliphatic carbocycles. The van der Waals surface area contributed by atoms with Gasteiger partial charge in [-0.1, -0.05) is 23.2 Å². The molecule has 26 heavy (non-hydrogen) atoms. The summed E-state index contributed by atoms with van der Waals surface area (Å²) in [5.74, 6) is -30.0. The predicted octanol–water partition coefficient (Wildman–Crippen LogP) is 5.21. The molecule has 152 valence electrons. The highest BCUT2D eigenvalue weighted by atomic mass is 35.5. The molecular weight excluding hydrogens is 457 g/mol. The Morgan fingerprint density at radius 3 is 0.769 bits per heavy atom. The van der Waals surface area contributed by atoms with Crippen LogP contribution in [0.2, 0.25) is 0 Å². The van der Waals surface area contributed by atoms with Crippen molar-refractivity contribution in [3.8, 4) is 0 Å². The monoisotopic (exact) mass is 456 g/mol. The van der Waals surface area contributed by atoms with Crippen molar-refractivity contribution in [3.05, 3.63) is 0 Å². The molecule has 4 aliphatic rings. The first-order valence-electron chi connectivity index (χ1n) is 6.02. The quantitative estimate of drug-likeness (QED) is 0.346. The summed E-state index contributed by atoms with van der Waals surface area (Å²) >= 11 is 8.21. The molecule has 4 saturated carbocycles. The first-order chi connectivity index (χ1) is 11.0. The van der Waals surface area contributed by atoms with E-state index < -0.39 is 56.6 Å². The Morgan fingerprint density at radius 2 is 0.500 bits per heavy atom. The third-order valence-corrected chi connectivity index (χ3v) is 6.23. The van der Waals surface area contributed by atoms with E-state index in [1.807, 2.05) is 0 Å². The topological polar surface area (TPSA) is 0 Å². The minimum Gasteiger partial charge on any atom is -0.227 e. The van der Waals surface area contributed by atoms with Crippen molar-refractivity contribution in [2.45, 2.75) is 56.6 Å². The lowest BCUT2D eigenvalue weighted by molar-refractivity contribution is -0.563. The second-order valence-corrected chi connectivity index (χ2v) is 7.12. The van der Waals surface area contributed by atoms with E-state index in [-0.39, 0.29) is 0 Å². The highest BCUT2D eigenvalue weighted by Crippen LogP contribution is 2.89. The maximum Gasteiger partial charge on any atom is 0.337 e. The third-order valence-electron chi connectivity index (χ3n) is 5.19. The van der Waals surface area contributed by atoms with Crippen LogP contribution in [-0.4, -0.2) is 56.6 Å². The molecule has 4 fully saturated rings. The van der Waals surface area contributed by atoms with Gasteiger partial charge in [0.05, 0.1) is 0 Å². The zero-order chi connectivity index (χ0) is 21.0. The van der Waals surface area contributed by atoms with E-state index in [2.05, 4.69) is 23.2 Å². The van der Waals surface area contributed by atoms with Gasteiger partial charge in [-0.3, -0.25) is 0 Å². The maximum absolute atomic E-state index is 14.5. The van der Waals surface area contributed by atoms with Crippen LogP contribution in [0.3, 0.4) is 0 Å². The van der Waals surface area contributed by atoms with Gasteiger partial charge < -0.3 is 0 Å². The summed E-state index contributed by atoms with van der Waals surface area (Å²) in [7, 11) is 0. The van der Waals surface area contributed by atoms with Crippen LogP contribution in [0.1, 0.15) is 0 Å². The van der Waals surface area contributed by atoms with Gasteiger partial charge in [0, 0.05) is 0 Å². The van der Waals surface area contributed by atoms with E-state index in [0.717, 1.165) is 0 Å². The van der Waals surface area contributed by atoms with Crippen molar-refractivity contribution < 1.29 is 61.5 Å². The molecule has 0 aliphatic heterocycles. The first kappa shape index (κ1) is 20.3. The SMILES string of the molecule is FC1(F)C2(F)C(F)(F)[C@@]3(F)C(F)(Cl)C1(F)C(F)(Cl)[C@@](F)(C2(F)F)C3(F)F. The van der Waals surface area contributed by atoms with E-state index in [9.17, 15) is 61.5 Å². The Balaban J connectivity index is 2.71. The third kappa shape index (κ3) is 1.04. The number of alkyl halides is 16. The molecule has 4 rings (SSSR count). The highest BCUT2D eigenvalue weighted by Gasteiger charge is 3.22. The molecular formula is C10Cl2F14. The molecule has 0 saturated heterocycles. The summed E-state index contributed by atoms with van der Waals surface area (Å²) in [5.41, 5.74) is -28.9. The second-order valence-electron chi connectivity index (χ2n) is 6.08. The van der Waals surface area contributed by atoms with Gasteiger partial charge >= 0.3 is 29.4 Å². The van der Waals surface area contributed by atoms with Gasteiger partial charge in [-0.25, -0.2) is 26.3 Å². The molecule has 0 radical (unpaired) electrons. The van der Waals surface area contributed by atoms with Crippen molar-refractivity contribution in [2.75, 3.05) is 0 Å². The zero-order valence-electron chi connectivity index (χ0n) is 11.0. The normalized spacial score (nSPS) is 60.9. The molecule has 0 nitrogen and oxygen atoms in total. The first-order valence-corrected chi connectivity index (χ1v) is 6.78. The fourth-order valence-corrected chi connectivity index (χ4v) is 4.81. The Hall–Kier alpha value is -0.400. The summed E-state index contributed by atoms with van der Waals surface area (Å²) in [6, 6.07) is 0. The lowest BCUT2D eigenvalue weighted by Crippen LogP contribution is -3.08. The van der Waals surface area contributed by atoms with Gasteiger partial charge in [0.1, 0.15) is 0 Å². The second kappa shape index (κ2) is 3.86. The molecule has 4 bridgehead atoms. The van der Waals surface area contributed by atoms with Crippen LogP contribution in [-0.2, 0) is 0 Å². The fraction of sp³-hybridized carbons (Fsp3) is 1.00. The van der Waals surface area contributed by atoms with Crippen LogP contribution in [0.15, 0.2) is 0 Å². The molecule has 0 N–H and O–H groups in total. The Kier molecular flexibility index (Phi) is 3.02. The number of hydrogen-bond acceptors (Lipinski definition) is 0. The van der Waals surface area contributed by atoms with Gasteiger partial charge in [-0.15, -0.1) is 0 Å². The molecule has 16 heteroatoms. The van der Waals surface area contributed by atoms with Gasteiger partial charge in [0.25, 0.3) is 27.3 Å². The molecule has 6 atom stereocenters. The van der Waals surface area contributed by atoms with Gasteiger partial charge in [0.2, 0.25) is 0 Å². The Labute approximate surface area is 142 Å². The van der Waals surface area contributed by atoms with Crippen LogP contribution >= 0.6 is 23.2 Å². The summed E-state index contributed by atoms with van der Waals surface area (Å²) in [5, 5.41) is -13.4. The van der Waals surface area contributed by atoms with Crippen molar-refractivity contribution in [2.24, 2.45) is 0 Å². The Morgan fingerprint density at radius 1 is 0.308 bits per heavy atom. The van der Waals surface area contributed by atoms with E-state index in [1.54, 1.807) is 0 Å². The molecule has 4 unspecified atom stereocenters. The van der Waals surface area contributed by atoms with Crippen LogP contribution in [0.4, 0.5) is 61.5 Å². The van der Waals surface area contributed by atoms with Crippen LogP contribution in [0.5, 0.6) is 0 Å². The minimum atomic E-state index is -7.56. The average Bonchev–Trinajstić information content (AvgIpc) is 2.46. The van der Waals surface area contributed by atoms with Crippen molar-refractivity contribution in [1.29, 1.82) is 0 Å². The zero-order valence-corrected chi connectivity index (χ0v) is 12.6. The van der Waals surface area contributed by atoms with Crippen molar-refractivity contribution in [1.82, 2.24) is 0 Å². The number of hydrogen-bond donors (Lipinski definition) is 0. The standard InChI is InChI=1S/C10Cl2F14/c11-5(17)1(13)6(12,18)3(15)8(21,22)2(5,14)9(23,24)4(16,7(1,19)20)10(3,25)26/t1?,2-,3+,4?,5?,6?. The van der Waals surface area contributed by atoms with E-state index >= 15 is 0 Å². The van der Waals surface area contributed by atoms with Gasteiger partial charge in [0.15, 0.2) is 0 Å². The van der Waals surface area contributed by atoms with Gasteiger partial charge in [-0.05, 0) is 0 Å². The minimum absolute atomic E-state index is 4.10. The molecule has 0 aromatic heterocycles. The lowest BCUT2D eigenvalue weighted by Gasteiger charge is -2.74. The molecule has 0 heterocycles. The van der Waals surface area contributed by atoms with Crippen LogP contribution in [0.25, 0.3) is 0 Å². The maximum atomic E-state index is 14.5. The molecule has 0 aromatic rings. The average molecular weight is 457 g/mol. The van der Waals surface area contributed by atoms with Gasteiger partial charge in [-0.2, -0.15) is 35.1 Å². The molecule has 0 aromatic carbocycles. The molecule has 0 spiro atoms. The van der Waals surface area contributed by atoms with Crippen LogP contribution < -0.4 is 0 Å². The summed E-state index contributed by atoms with van der Waals surface area (Å²) < 4.78 is 197. The lowest BCUT2D eigenvalue weighted by atomic mass is 9.42. The summed E-state index contributed by atoms with van der Waals surface area (Å²) in [6.45, 7) is 0. The van der Waals surface area contributed by atoms with Crippen molar-refractivity contribution >= 4 is 23.2 Å². The Bertz CT molecular complexity index is 515. The van der Waals surface area contributed by atoms with E-state index in [1.165, 1.54) is 0 Å². The van der Waals surface area contributed by atoms with Crippen LogP contribution in [0, 0.1) is 0 Å². The number of rotatable bonds is 0. The highest BCUT2D eigenvalue weighted by molar-refractivity contribution is 6.30. The van der Waals surface area contributed by atoms with E-state index in [0.29, 0.717) is 0 Å². The largest absolute Gasteiger partial charge is 0.337 e. The summed E-state index contributed by atoms with van der Waals surface area (Å²) in [6.07, 6.45) is 0. The number of halogens is 16. The van der Waals surface area contributed by atoms with E-state index in [4.69, 9.17) is 0 Å². The smallest absolute Gasteiger partial charge is 0.227 e. The fourth-order valence-electron chi connectivity index (χ4n) is 3.79. The van der Waals surface area contributed by atoms with Crippen molar-refractivity contribution in [3.63, 3.8) is 0 Å². The molecule has 0 amide bonds.